The summed E-state index contributed by atoms with van der Waals surface area (Å²) < 4.78 is 0. The number of rotatable bonds is 3. The number of aliphatic carboxylic acids is 1. The van der Waals surface area contributed by atoms with E-state index in [9.17, 15) is 14.4 Å². The molecule has 122 valence electrons. The van der Waals surface area contributed by atoms with Gasteiger partial charge in [-0.05, 0) is 31.1 Å². The highest BCUT2D eigenvalue weighted by atomic mass is 16.4. The number of amides is 2. The van der Waals surface area contributed by atoms with Crippen molar-refractivity contribution in [3.63, 3.8) is 0 Å². The Morgan fingerprint density at radius 2 is 2.00 bits per heavy atom. The molecule has 2 N–H and O–H groups in total. The van der Waals surface area contributed by atoms with Crippen molar-refractivity contribution in [3.05, 3.63) is 0 Å². The molecule has 3 aliphatic heterocycles. The van der Waals surface area contributed by atoms with Crippen molar-refractivity contribution in [2.45, 2.75) is 38.1 Å². The molecule has 3 fully saturated rings. The Morgan fingerprint density at radius 1 is 1.27 bits per heavy atom. The van der Waals surface area contributed by atoms with E-state index in [4.69, 9.17) is 5.11 Å². The number of carboxylic acids is 1. The maximum absolute atomic E-state index is 12.3. The first-order chi connectivity index (χ1) is 10.5. The van der Waals surface area contributed by atoms with E-state index < -0.39 is 12.0 Å². The van der Waals surface area contributed by atoms with Crippen LogP contribution >= 0.6 is 0 Å². The van der Waals surface area contributed by atoms with Gasteiger partial charge < -0.3 is 20.2 Å². The molecule has 7 heteroatoms. The van der Waals surface area contributed by atoms with Crippen LogP contribution in [0.15, 0.2) is 0 Å². The number of hydrogen-bond acceptors (Lipinski definition) is 4. The summed E-state index contributed by atoms with van der Waals surface area (Å²) in [6.45, 7) is 2.93. The SMILES string of the molecule is O=C(O)C1CC2(CCN(C(=O)CN3CCCC3=O)CC2)CN1. The predicted molar refractivity (Wildman–Crippen MR) is 78.1 cm³/mol. The van der Waals surface area contributed by atoms with Crippen LogP contribution in [0.3, 0.4) is 0 Å². The van der Waals surface area contributed by atoms with Crippen LogP contribution in [0.5, 0.6) is 0 Å². The molecule has 1 unspecified atom stereocenters. The molecule has 22 heavy (non-hydrogen) atoms. The Balaban J connectivity index is 1.50. The van der Waals surface area contributed by atoms with Gasteiger partial charge >= 0.3 is 5.97 Å². The van der Waals surface area contributed by atoms with Gasteiger partial charge in [0, 0.05) is 32.6 Å². The smallest absolute Gasteiger partial charge is 0.320 e. The van der Waals surface area contributed by atoms with Crippen molar-refractivity contribution in [1.82, 2.24) is 15.1 Å². The number of carboxylic acid groups (broad SMARTS) is 1. The second kappa shape index (κ2) is 5.87. The lowest BCUT2D eigenvalue weighted by Gasteiger charge is -2.39. The van der Waals surface area contributed by atoms with Crippen molar-refractivity contribution in [2.75, 3.05) is 32.7 Å². The summed E-state index contributed by atoms with van der Waals surface area (Å²) in [6, 6.07) is -0.454. The van der Waals surface area contributed by atoms with Crippen molar-refractivity contribution >= 4 is 17.8 Å². The molecule has 0 saturated carbocycles. The lowest BCUT2D eigenvalue weighted by molar-refractivity contribution is -0.140. The van der Waals surface area contributed by atoms with E-state index in [1.807, 2.05) is 4.90 Å². The van der Waals surface area contributed by atoms with Gasteiger partial charge in [-0.25, -0.2) is 0 Å². The fourth-order valence-corrected chi connectivity index (χ4v) is 3.84. The summed E-state index contributed by atoms with van der Waals surface area (Å²) in [7, 11) is 0. The van der Waals surface area contributed by atoms with Gasteiger partial charge in [0.25, 0.3) is 0 Å². The number of piperidine rings is 1. The number of carbonyl (C=O) groups excluding carboxylic acids is 2. The normalized spacial score (nSPS) is 27.6. The van der Waals surface area contributed by atoms with Crippen LogP contribution in [0.1, 0.15) is 32.1 Å². The molecule has 3 rings (SSSR count). The minimum Gasteiger partial charge on any atom is -0.480 e. The Morgan fingerprint density at radius 3 is 2.55 bits per heavy atom. The highest BCUT2D eigenvalue weighted by Gasteiger charge is 2.44. The lowest BCUT2D eigenvalue weighted by Crippen LogP contribution is -2.47. The highest BCUT2D eigenvalue weighted by Crippen LogP contribution is 2.39. The van der Waals surface area contributed by atoms with Crippen LogP contribution in [0.4, 0.5) is 0 Å². The van der Waals surface area contributed by atoms with Gasteiger partial charge in [-0.15, -0.1) is 0 Å². The number of hydrogen-bond donors (Lipinski definition) is 2. The third kappa shape index (κ3) is 2.95. The van der Waals surface area contributed by atoms with Gasteiger partial charge in [-0.1, -0.05) is 0 Å². The Kier molecular flexibility index (Phi) is 4.08. The molecule has 1 atom stereocenters. The summed E-state index contributed by atoms with van der Waals surface area (Å²) in [5.41, 5.74) is 0.0172. The predicted octanol–water partition coefficient (Wildman–Crippen LogP) is -0.336. The monoisotopic (exact) mass is 309 g/mol. The summed E-state index contributed by atoms with van der Waals surface area (Å²) in [6.07, 6.45) is 3.72. The third-order valence-electron chi connectivity index (χ3n) is 5.33. The summed E-state index contributed by atoms with van der Waals surface area (Å²) in [5, 5.41) is 12.2. The van der Waals surface area contributed by atoms with Gasteiger partial charge in [0.05, 0.1) is 6.54 Å². The lowest BCUT2D eigenvalue weighted by atomic mass is 9.76. The Hall–Kier alpha value is -1.63. The minimum absolute atomic E-state index is 0.0172. The molecule has 0 aromatic rings. The summed E-state index contributed by atoms with van der Waals surface area (Å²) in [4.78, 5) is 38.4. The van der Waals surface area contributed by atoms with Crippen molar-refractivity contribution < 1.29 is 19.5 Å². The van der Waals surface area contributed by atoms with Gasteiger partial charge in [-0.3, -0.25) is 14.4 Å². The zero-order valence-corrected chi connectivity index (χ0v) is 12.7. The molecule has 3 aliphatic rings. The van der Waals surface area contributed by atoms with Crippen LogP contribution in [-0.4, -0.2) is 71.5 Å². The highest BCUT2D eigenvalue weighted by molar-refractivity contribution is 5.86. The molecule has 1 spiro atoms. The molecule has 3 saturated heterocycles. The van der Waals surface area contributed by atoms with E-state index in [1.165, 1.54) is 0 Å². The van der Waals surface area contributed by atoms with E-state index in [0.717, 1.165) is 25.8 Å². The first kappa shape index (κ1) is 15.3. The van der Waals surface area contributed by atoms with Gasteiger partial charge in [0.2, 0.25) is 11.8 Å². The van der Waals surface area contributed by atoms with E-state index in [0.29, 0.717) is 32.5 Å². The van der Waals surface area contributed by atoms with Crippen LogP contribution in [0.2, 0.25) is 0 Å². The van der Waals surface area contributed by atoms with Crippen LogP contribution in [0.25, 0.3) is 0 Å². The first-order valence-electron chi connectivity index (χ1n) is 8.01. The molecule has 3 heterocycles. The van der Waals surface area contributed by atoms with Gasteiger partial charge in [0.15, 0.2) is 0 Å². The maximum atomic E-state index is 12.3. The standard InChI is InChI=1S/C15H23N3O4/c19-12-2-1-5-18(12)9-13(20)17-6-3-15(4-7-17)8-11(14(21)22)16-10-15/h11,16H,1-10H2,(H,21,22). The molecule has 0 bridgehead atoms. The van der Waals surface area contributed by atoms with Crippen molar-refractivity contribution in [3.8, 4) is 0 Å². The van der Waals surface area contributed by atoms with E-state index in [2.05, 4.69) is 5.32 Å². The summed E-state index contributed by atoms with van der Waals surface area (Å²) >= 11 is 0. The van der Waals surface area contributed by atoms with Gasteiger partial charge in [0.1, 0.15) is 6.04 Å². The zero-order valence-electron chi connectivity index (χ0n) is 12.7. The van der Waals surface area contributed by atoms with Crippen molar-refractivity contribution in [1.29, 1.82) is 0 Å². The Labute approximate surface area is 129 Å². The van der Waals surface area contributed by atoms with Crippen molar-refractivity contribution in [2.24, 2.45) is 5.41 Å². The average Bonchev–Trinajstić information content (AvgIpc) is 3.08. The molecule has 7 nitrogen and oxygen atoms in total. The largest absolute Gasteiger partial charge is 0.480 e. The molecular weight excluding hydrogens is 286 g/mol. The molecule has 0 radical (unpaired) electrons. The van der Waals surface area contributed by atoms with E-state index in [-0.39, 0.29) is 23.8 Å². The third-order valence-corrected chi connectivity index (χ3v) is 5.33. The molecule has 0 aromatic carbocycles. The fourth-order valence-electron chi connectivity index (χ4n) is 3.84. The second-order valence-corrected chi connectivity index (χ2v) is 6.78. The molecular formula is C15H23N3O4. The van der Waals surface area contributed by atoms with Crippen LogP contribution in [0, 0.1) is 5.41 Å². The quantitative estimate of drug-likeness (QED) is 0.745. The molecule has 0 aromatic heterocycles. The first-order valence-corrected chi connectivity index (χ1v) is 8.01. The topological polar surface area (TPSA) is 90.0 Å². The second-order valence-electron chi connectivity index (χ2n) is 6.78. The summed E-state index contributed by atoms with van der Waals surface area (Å²) in [5.74, 6) is -0.695. The van der Waals surface area contributed by atoms with E-state index >= 15 is 0 Å². The molecule has 2 amide bonds. The van der Waals surface area contributed by atoms with E-state index in [1.54, 1.807) is 4.90 Å². The maximum Gasteiger partial charge on any atom is 0.320 e. The van der Waals surface area contributed by atoms with Crippen LogP contribution in [-0.2, 0) is 14.4 Å². The number of carbonyl (C=O) groups is 3. The average molecular weight is 309 g/mol. The number of nitrogens with zero attached hydrogens (tertiary/aromatic N) is 2. The fraction of sp³-hybridized carbons (Fsp3) is 0.800. The van der Waals surface area contributed by atoms with Gasteiger partial charge in [-0.2, -0.15) is 0 Å². The Bertz CT molecular complexity index is 485. The molecule has 0 aliphatic carbocycles. The minimum atomic E-state index is -0.789. The van der Waals surface area contributed by atoms with Crippen LogP contribution < -0.4 is 5.32 Å². The zero-order chi connectivity index (χ0) is 15.7. The number of nitrogens with one attached hydrogen (secondary N) is 1. The number of likely N-dealkylation sites (tertiary alicyclic amines) is 2.